The molecule has 5 heteroatoms. The molecular formula is C18H14N2OS2. The van der Waals surface area contributed by atoms with Gasteiger partial charge >= 0.3 is 0 Å². The van der Waals surface area contributed by atoms with Crippen molar-refractivity contribution >= 4 is 32.9 Å². The highest BCUT2D eigenvalue weighted by molar-refractivity contribution is 7.19. The number of aromatic amines is 1. The Kier molecular flexibility index (Phi) is 3.39. The molecule has 0 saturated heterocycles. The van der Waals surface area contributed by atoms with Crippen molar-refractivity contribution < 1.29 is 0 Å². The Morgan fingerprint density at radius 2 is 1.83 bits per heavy atom. The summed E-state index contributed by atoms with van der Waals surface area (Å²) in [7, 11) is 0. The third-order valence-electron chi connectivity index (χ3n) is 3.87. The fourth-order valence-corrected chi connectivity index (χ4v) is 4.41. The second-order valence-corrected chi connectivity index (χ2v) is 7.49. The average Bonchev–Trinajstić information content (AvgIpc) is 3.15. The van der Waals surface area contributed by atoms with Crippen molar-refractivity contribution in [1.29, 1.82) is 0 Å². The molecule has 0 saturated carbocycles. The smallest absolute Gasteiger partial charge is 0.260 e. The minimum Gasteiger partial charge on any atom is -0.306 e. The maximum Gasteiger partial charge on any atom is 0.260 e. The van der Waals surface area contributed by atoms with Crippen LogP contribution in [0.3, 0.4) is 0 Å². The van der Waals surface area contributed by atoms with E-state index >= 15 is 0 Å². The van der Waals surface area contributed by atoms with E-state index in [0.29, 0.717) is 11.2 Å². The van der Waals surface area contributed by atoms with Crippen LogP contribution in [0, 0.1) is 13.8 Å². The van der Waals surface area contributed by atoms with E-state index in [0.717, 1.165) is 26.4 Å². The topological polar surface area (TPSA) is 45.8 Å². The molecule has 0 fully saturated rings. The van der Waals surface area contributed by atoms with Gasteiger partial charge in [0.05, 0.1) is 5.39 Å². The van der Waals surface area contributed by atoms with Crippen molar-refractivity contribution in [2.24, 2.45) is 0 Å². The summed E-state index contributed by atoms with van der Waals surface area (Å²) >= 11 is 3.17. The van der Waals surface area contributed by atoms with Crippen molar-refractivity contribution in [3.05, 3.63) is 61.9 Å². The Morgan fingerprint density at radius 3 is 2.52 bits per heavy atom. The summed E-state index contributed by atoms with van der Waals surface area (Å²) in [5.74, 6) is 0.639. The molecule has 0 amide bonds. The van der Waals surface area contributed by atoms with Crippen molar-refractivity contribution in [3.63, 3.8) is 0 Å². The van der Waals surface area contributed by atoms with Crippen LogP contribution in [-0.4, -0.2) is 9.97 Å². The molecule has 1 N–H and O–H groups in total. The summed E-state index contributed by atoms with van der Waals surface area (Å²) in [6.45, 7) is 4.11. The molecule has 0 aliphatic heterocycles. The van der Waals surface area contributed by atoms with Gasteiger partial charge in [-0.3, -0.25) is 4.79 Å². The lowest BCUT2D eigenvalue weighted by Crippen LogP contribution is -2.08. The lowest BCUT2D eigenvalue weighted by atomic mass is 10.0. The molecule has 0 bridgehead atoms. The normalized spacial score (nSPS) is 11.2. The molecule has 4 aromatic rings. The van der Waals surface area contributed by atoms with Crippen LogP contribution in [0.15, 0.2) is 45.9 Å². The van der Waals surface area contributed by atoms with Gasteiger partial charge in [0.1, 0.15) is 10.7 Å². The molecule has 23 heavy (non-hydrogen) atoms. The third-order valence-corrected chi connectivity index (χ3v) is 5.56. The van der Waals surface area contributed by atoms with Gasteiger partial charge in [0, 0.05) is 21.4 Å². The molecule has 0 aliphatic carbocycles. The molecule has 114 valence electrons. The Labute approximate surface area is 141 Å². The van der Waals surface area contributed by atoms with Crippen LogP contribution >= 0.6 is 22.7 Å². The molecule has 0 spiro atoms. The lowest BCUT2D eigenvalue weighted by Gasteiger charge is -2.03. The van der Waals surface area contributed by atoms with Crippen LogP contribution in [0.1, 0.15) is 10.4 Å². The summed E-state index contributed by atoms with van der Waals surface area (Å²) in [6, 6.07) is 10.2. The number of aromatic nitrogens is 2. The van der Waals surface area contributed by atoms with E-state index < -0.39 is 0 Å². The summed E-state index contributed by atoms with van der Waals surface area (Å²) in [5.41, 5.74) is 4.15. The first-order valence-corrected chi connectivity index (χ1v) is 9.02. The van der Waals surface area contributed by atoms with E-state index in [1.807, 2.05) is 23.8 Å². The van der Waals surface area contributed by atoms with Gasteiger partial charge in [-0.05, 0) is 30.9 Å². The zero-order valence-corrected chi connectivity index (χ0v) is 14.3. The SMILES string of the molecule is Cc1ccc(-c2c(C)sc3nc(-c4ccsc4)[nH]c(=O)c23)cc1. The van der Waals surface area contributed by atoms with Crippen molar-refractivity contribution in [3.8, 4) is 22.5 Å². The van der Waals surface area contributed by atoms with E-state index in [-0.39, 0.29) is 5.56 Å². The minimum atomic E-state index is -0.0730. The number of nitrogens with one attached hydrogen (secondary N) is 1. The molecule has 0 unspecified atom stereocenters. The first-order valence-electron chi connectivity index (χ1n) is 7.26. The Bertz CT molecular complexity index is 1040. The number of rotatable bonds is 2. The van der Waals surface area contributed by atoms with Crippen molar-refractivity contribution in [2.45, 2.75) is 13.8 Å². The number of hydrogen-bond donors (Lipinski definition) is 1. The second kappa shape index (κ2) is 5.44. The van der Waals surface area contributed by atoms with Crippen LogP contribution in [0.25, 0.3) is 32.7 Å². The fourth-order valence-electron chi connectivity index (χ4n) is 2.72. The number of aryl methyl sites for hydroxylation is 2. The number of H-pyrrole nitrogens is 1. The number of hydrogen-bond acceptors (Lipinski definition) is 4. The van der Waals surface area contributed by atoms with Gasteiger partial charge in [-0.2, -0.15) is 11.3 Å². The molecule has 4 rings (SSSR count). The zero-order chi connectivity index (χ0) is 16.0. The lowest BCUT2D eigenvalue weighted by molar-refractivity contribution is 1.19. The molecule has 3 nitrogen and oxygen atoms in total. The van der Waals surface area contributed by atoms with E-state index in [1.165, 1.54) is 5.56 Å². The summed E-state index contributed by atoms with van der Waals surface area (Å²) in [5, 5.41) is 4.66. The molecule has 0 aliphatic rings. The predicted octanol–water partition coefficient (Wildman–Crippen LogP) is 5.00. The van der Waals surface area contributed by atoms with E-state index in [1.54, 1.807) is 22.7 Å². The van der Waals surface area contributed by atoms with Crippen LogP contribution < -0.4 is 5.56 Å². The second-order valence-electron chi connectivity index (χ2n) is 5.51. The van der Waals surface area contributed by atoms with E-state index in [2.05, 4.69) is 41.2 Å². The molecule has 0 atom stereocenters. The quantitative estimate of drug-likeness (QED) is 0.559. The van der Waals surface area contributed by atoms with Crippen molar-refractivity contribution in [1.82, 2.24) is 9.97 Å². The number of thiophene rings is 2. The highest BCUT2D eigenvalue weighted by Gasteiger charge is 2.17. The zero-order valence-electron chi connectivity index (χ0n) is 12.7. The summed E-state index contributed by atoms with van der Waals surface area (Å²) in [4.78, 5) is 22.2. The van der Waals surface area contributed by atoms with Gasteiger partial charge < -0.3 is 4.98 Å². The number of nitrogens with zero attached hydrogens (tertiary/aromatic N) is 1. The minimum absolute atomic E-state index is 0.0730. The standard InChI is InChI=1S/C18H14N2OS2/c1-10-3-5-12(6-4-10)14-11(2)23-18-15(14)17(21)19-16(20-18)13-7-8-22-9-13/h3-9H,1-2H3,(H,19,20,21). The largest absolute Gasteiger partial charge is 0.306 e. The van der Waals surface area contributed by atoms with E-state index in [4.69, 9.17) is 0 Å². The third kappa shape index (κ3) is 2.42. The Hall–Kier alpha value is -2.24. The van der Waals surface area contributed by atoms with Crippen LogP contribution in [0.4, 0.5) is 0 Å². The first-order chi connectivity index (χ1) is 11.1. The van der Waals surface area contributed by atoms with Crippen LogP contribution in [0.5, 0.6) is 0 Å². The van der Waals surface area contributed by atoms with Crippen LogP contribution in [0.2, 0.25) is 0 Å². The molecule has 1 aromatic carbocycles. The maximum atomic E-state index is 12.7. The molecule has 3 heterocycles. The maximum absolute atomic E-state index is 12.7. The number of fused-ring (bicyclic) bond motifs is 1. The Balaban J connectivity index is 1.98. The summed E-state index contributed by atoms with van der Waals surface area (Å²) < 4.78 is 0. The van der Waals surface area contributed by atoms with Crippen LogP contribution in [-0.2, 0) is 0 Å². The van der Waals surface area contributed by atoms with Gasteiger partial charge in [-0.1, -0.05) is 29.8 Å². The molecular weight excluding hydrogens is 324 g/mol. The van der Waals surface area contributed by atoms with Crippen molar-refractivity contribution in [2.75, 3.05) is 0 Å². The number of benzene rings is 1. The van der Waals surface area contributed by atoms with E-state index in [9.17, 15) is 4.79 Å². The monoisotopic (exact) mass is 338 g/mol. The molecule has 0 radical (unpaired) electrons. The van der Waals surface area contributed by atoms with Gasteiger partial charge in [-0.15, -0.1) is 11.3 Å². The summed E-state index contributed by atoms with van der Waals surface area (Å²) in [6.07, 6.45) is 0. The Morgan fingerprint density at radius 1 is 1.04 bits per heavy atom. The van der Waals surface area contributed by atoms with Gasteiger partial charge in [-0.25, -0.2) is 4.98 Å². The van der Waals surface area contributed by atoms with Gasteiger partial charge in [0.2, 0.25) is 0 Å². The average molecular weight is 338 g/mol. The molecule has 3 aromatic heterocycles. The predicted molar refractivity (Wildman–Crippen MR) is 98.5 cm³/mol. The van der Waals surface area contributed by atoms with Gasteiger partial charge in [0.15, 0.2) is 0 Å². The highest BCUT2D eigenvalue weighted by atomic mass is 32.1. The fraction of sp³-hybridized carbons (Fsp3) is 0.111. The first kappa shape index (κ1) is 14.4. The highest BCUT2D eigenvalue weighted by Crippen LogP contribution is 2.36. The van der Waals surface area contributed by atoms with Gasteiger partial charge in [0.25, 0.3) is 5.56 Å².